The predicted molar refractivity (Wildman–Crippen MR) is 121 cm³/mol. The summed E-state index contributed by atoms with van der Waals surface area (Å²) in [5.74, 6) is -0.246. The highest BCUT2D eigenvalue weighted by atomic mass is 35.5. The molecule has 0 bridgehead atoms. The van der Waals surface area contributed by atoms with Gasteiger partial charge in [-0.1, -0.05) is 48.0 Å². The number of hydrogen-bond donors (Lipinski definition) is 1. The van der Waals surface area contributed by atoms with Gasteiger partial charge in [0.25, 0.3) is 15.9 Å². The minimum Gasteiger partial charge on any atom is -0.352 e. The van der Waals surface area contributed by atoms with Crippen molar-refractivity contribution < 1.29 is 13.2 Å². The number of hydrogen-bond acceptors (Lipinski definition) is 3. The molecule has 0 radical (unpaired) electrons. The van der Waals surface area contributed by atoms with Crippen molar-refractivity contribution in [2.45, 2.75) is 18.2 Å². The van der Waals surface area contributed by atoms with Crippen LogP contribution in [0.15, 0.2) is 77.7 Å². The number of sulfonamides is 1. The van der Waals surface area contributed by atoms with Crippen LogP contribution in [0.3, 0.4) is 0 Å². The second-order valence-electron chi connectivity index (χ2n) is 6.92. The fourth-order valence-corrected chi connectivity index (χ4v) is 4.43. The third-order valence-corrected chi connectivity index (χ3v) is 6.86. The van der Waals surface area contributed by atoms with E-state index in [4.69, 9.17) is 11.6 Å². The van der Waals surface area contributed by atoms with E-state index < -0.39 is 10.0 Å². The first kappa shape index (κ1) is 21.9. The van der Waals surface area contributed by atoms with Gasteiger partial charge in [0.2, 0.25) is 0 Å². The lowest BCUT2D eigenvalue weighted by Crippen LogP contribution is -2.29. The number of carbonyl (C=O) groups excluding carboxylic acids is 1. The summed E-state index contributed by atoms with van der Waals surface area (Å²) in [6.45, 7) is 2.30. The van der Waals surface area contributed by atoms with Gasteiger partial charge in [-0.25, -0.2) is 8.42 Å². The van der Waals surface area contributed by atoms with Crippen molar-refractivity contribution in [1.82, 2.24) is 5.32 Å². The first-order valence-electron chi connectivity index (χ1n) is 9.46. The average molecular weight is 443 g/mol. The van der Waals surface area contributed by atoms with E-state index in [2.05, 4.69) is 5.32 Å². The number of carbonyl (C=O) groups is 1. The molecule has 0 aliphatic rings. The number of rotatable bonds is 7. The van der Waals surface area contributed by atoms with E-state index in [9.17, 15) is 13.2 Å². The van der Waals surface area contributed by atoms with Crippen LogP contribution in [-0.2, 0) is 16.4 Å². The van der Waals surface area contributed by atoms with Gasteiger partial charge >= 0.3 is 0 Å². The van der Waals surface area contributed by atoms with E-state index >= 15 is 0 Å². The lowest BCUT2D eigenvalue weighted by Gasteiger charge is -2.22. The van der Waals surface area contributed by atoms with Crippen LogP contribution in [-0.4, -0.2) is 27.9 Å². The lowest BCUT2D eigenvalue weighted by molar-refractivity contribution is 0.0954. The summed E-state index contributed by atoms with van der Waals surface area (Å²) in [6, 6.07) is 20.9. The summed E-state index contributed by atoms with van der Waals surface area (Å²) in [5.41, 5.74) is 2.73. The summed E-state index contributed by atoms with van der Waals surface area (Å²) < 4.78 is 27.2. The second kappa shape index (κ2) is 9.32. The first-order valence-corrected chi connectivity index (χ1v) is 11.3. The monoisotopic (exact) mass is 442 g/mol. The van der Waals surface area contributed by atoms with Crippen molar-refractivity contribution in [2.75, 3.05) is 17.9 Å². The van der Waals surface area contributed by atoms with E-state index in [0.717, 1.165) is 17.5 Å². The smallest absolute Gasteiger partial charge is 0.264 e. The van der Waals surface area contributed by atoms with Gasteiger partial charge in [0.15, 0.2) is 0 Å². The quantitative estimate of drug-likeness (QED) is 0.588. The largest absolute Gasteiger partial charge is 0.352 e. The number of halogens is 1. The molecule has 0 saturated heterocycles. The average Bonchev–Trinajstić information content (AvgIpc) is 2.74. The zero-order valence-corrected chi connectivity index (χ0v) is 18.4. The minimum absolute atomic E-state index is 0.131. The Balaban J connectivity index is 1.77. The maximum atomic E-state index is 13.0. The summed E-state index contributed by atoms with van der Waals surface area (Å²) in [5, 5.41) is 3.35. The molecule has 0 spiro atoms. The number of amides is 1. The van der Waals surface area contributed by atoms with E-state index in [1.807, 2.05) is 30.3 Å². The van der Waals surface area contributed by atoms with Crippen LogP contribution in [0.2, 0.25) is 5.02 Å². The highest BCUT2D eigenvalue weighted by molar-refractivity contribution is 7.92. The van der Waals surface area contributed by atoms with Gasteiger partial charge in [0, 0.05) is 24.2 Å². The Hall–Kier alpha value is -2.83. The highest BCUT2D eigenvalue weighted by Crippen LogP contribution is 2.27. The van der Waals surface area contributed by atoms with Crippen molar-refractivity contribution in [3.05, 3.63) is 94.5 Å². The van der Waals surface area contributed by atoms with Gasteiger partial charge in [-0.05, 0) is 60.9 Å². The Kier molecular flexibility index (Phi) is 6.80. The number of benzene rings is 3. The molecule has 0 fully saturated rings. The predicted octanol–water partition coefficient (Wildman–Crippen LogP) is 4.45. The number of anilines is 1. The van der Waals surface area contributed by atoms with E-state index in [1.54, 1.807) is 25.1 Å². The maximum Gasteiger partial charge on any atom is 0.264 e. The highest BCUT2D eigenvalue weighted by Gasteiger charge is 2.23. The molecule has 0 heterocycles. The van der Waals surface area contributed by atoms with Crippen LogP contribution in [0.25, 0.3) is 0 Å². The molecule has 30 heavy (non-hydrogen) atoms. The van der Waals surface area contributed by atoms with Gasteiger partial charge in [0.05, 0.1) is 10.6 Å². The maximum absolute atomic E-state index is 13.0. The van der Waals surface area contributed by atoms with E-state index in [1.165, 1.54) is 35.6 Å². The lowest BCUT2D eigenvalue weighted by atomic mass is 10.1. The minimum atomic E-state index is -3.78. The number of nitrogens with one attached hydrogen (secondary N) is 1. The van der Waals surface area contributed by atoms with Gasteiger partial charge in [-0.15, -0.1) is 0 Å². The Bertz CT molecular complexity index is 1130. The topological polar surface area (TPSA) is 66.5 Å². The van der Waals surface area contributed by atoms with Crippen molar-refractivity contribution in [3.63, 3.8) is 0 Å². The SMILES string of the molecule is Cc1ccc(C(=O)NCCc2ccccc2)cc1N(C)S(=O)(=O)c1ccc(Cl)cc1. The number of nitrogens with zero attached hydrogens (tertiary/aromatic N) is 1. The fourth-order valence-electron chi connectivity index (χ4n) is 3.05. The summed E-state index contributed by atoms with van der Waals surface area (Å²) in [7, 11) is -2.31. The van der Waals surface area contributed by atoms with Crippen molar-refractivity contribution >= 4 is 33.2 Å². The zero-order valence-electron chi connectivity index (χ0n) is 16.8. The molecule has 5 nitrogen and oxygen atoms in total. The van der Waals surface area contributed by atoms with Crippen molar-refractivity contribution in [1.29, 1.82) is 0 Å². The van der Waals surface area contributed by atoms with Crippen LogP contribution in [0, 0.1) is 6.92 Å². The molecule has 0 atom stereocenters. The van der Waals surface area contributed by atoms with Crippen LogP contribution in [0.1, 0.15) is 21.5 Å². The van der Waals surface area contributed by atoms with E-state index in [-0.39, 0.29) is 10.8 Å². The Labute approximate surface area is 182 Å². The molecule has 0 saturated carbocycles. The molecule has 0 aliphatic heterocycles. The molecule has 156 valence electrons. The third-order valence-electron chi connectivity index (χ3n) is 4.82. The third kappa shape index (κ3) is 5.01. The Morgan fingerprint density at radius 2 is 1.67 bits per heavy atom. The molecule has 3 aromatic carbocycles. The second-order valence-corrected chi connectivity index (χ2v) is 9.32. The summed E-state index contributed by atoms with van der Waals surface area (Å²) >= 11 is 5.87. The van der Waals surface area contributed by atoms with Crippen molar-refractivity contribution in [2.24, 2.45) is 0 Å². The molecular formula is C23H23ClN2O3S. The molecule has 0 aromatic heterocycles. The molecule has 3 aromatic rings. The normalized spacial score (nSPS) is 11.2. The van der Waals surface area contributed by atoms with Crippen LogP contribution >= 0.6 is 11.6 Å². The standard InChI is InChI=1S/C23H23ClN2O3S/c1-17-8-9-19(23(27)25-15-14-18-6-4-3-5-7-18)16-22(17)26(2)30(28,29)21-12-10-20(24)11-13-21/h3-13,16H,14-15H2,1-2H3,(H,25,27). The van der Waals surface area contributed by atoms with E-state index in [0.29, 0.717) is 22.8 Å². The molecule has 1 amide bonds. The fraction of sp³-hybridized carbons (Fsp3) is 0.174. The molecular weight excluding hydrogens is 420 g/mol. The summed E-state index contributed by atoms with van der Waals surface area (Å²) in [6.07, 6.45) is 0.718. The molecule has 0 unspecified atom stereocenters. The van der Waals surface area contributed by atoms with Gasteiger partial charge in [0.1, 0.15) is 0 Å². The van der Waals surface area contributed by atoms with Crippen LogP contribution in [0.4, 0.5) is 5.69 Å². The first-order chi connectivity index (χ1) is 14.3. The van der Waals surface area contributed by atoms with Gasteiger partial charge in [-0.2, -0.15) is 0 Å². The van der Waals surface area contributed by atoms with Gasteiger partial charge in [-0.3, -0.25) is 9.10 Å². The Morgan fingerprint density at radius 1 is 1.00 bits per heavy atom. The zero-order chi connectivity index (χ0) is 21.7. The van der Waals surface area contributed by atoms with Gasteiger partial charge < -0.3 is 5.32 Å². The van der Waals surface area contributed by atoms with Crippen LogP contribution < -0.4 is 9.62 Å². The van der Waals surface area contributed by atoms with Crippen molar-refractivity contribution in [3.8, 4) is 0 Å². The molecule has 0 aliphatic carbocycles. The number of aryl methyl sites for hydroxylation is 1. The Morgan fingerprint density at radius 3 is 2.33 bits per heavy atom. The van der Waals surface area contributed by atoms with Crippen LogP contribution in [0.5, 0.6) is 0 Å². The molecule has 7 heteroatoms. The summed E-state index contributed by atoms with van der Waals surface area (Å²) in [4.78, 5) is 12.7. The molecule has 3 rings (SSSR count). The molecule has 1 N–H and O–H groups in total.